The van der Waals surface area contributed by atoms with Gasteiger partial charge in [0.2, 0.25) is 11.8 Å². The van der Waals surface area contributed by atoms with Gasteiger partial charge in [-0.3, -0.25) is 4.79 Å². The van der Waals surface area contributed by atoms with E-state index in [1.54, 1.807) is 24.3 Å². The van der Waals surface area contributed by atoms with Gasteiger partial charge in [0.25, 0.3) is 5.22 Å². The Morgan fingerprint density at radius 1 is 1.11 bits per heavy atom. The van der Waals surface area contributed by atoms with Crippen molar-refractivity contribution < 1.29 is 18.7 Å². The van der Waals surface area contributed by atoms with Crippen molar-refractivity contribution in [1.29, 1.82) is 0 Å². The van der Waals surface area contributed by atoms with Crippen LogP contribution in [-0.4, -0.2) is 34.9 Å². The zero-order valence-electron chi connectivity index (χ0n) is 14.5. The minimum Gasteiger partial charge on any atom is -0.465 e. The van der Waals surface area contributed by atoms with Gasteiger partial charge in [-0.05, 0) is 23.8 Å². The molecule has 3 rings (SSSR count). The van der Waals surface area contributed by atoms with E-state index in [2.05, 4.69) is 20.3 Å². The first kappa shape index (κ1) is 18.7. The molecule has 0 atom stereocenters. The molecule has 8 heteroatoms. The molecule has 1 N–H and O–H groups in total. The predicted octanol–water partition coefficient (Wildman–Crippen LogP) is 3.18. The maximum atomic E-state index is 12.1. The second-order valence-corrected chi connectivity index (χ2v) is 6.46. The Morgan fingerprint density at radius 3 is 2.70 bits per heavy atom. The molecule has 7 nitrogen and oxygen atoms in total. The Morgan fingerprint density at radius 2 is 1.93 bits per heavy atom. The fourth-order valence-corrected chi connectivity index (χ4v) is 2.89. The standard InChI is InChI=1S/C19H17N3O4S/c1-25-18(24)14-8-5-9-15(11-14)20-16(23)12-27-19-22-21-17(26-19)10-13-6-3-2-4-7-13/h2-9,11H,10,12H2,1H3,(H,20,23). The number of amides is 1. The lowest BCUT2D eigenvalue weighted by molar-refractivity contribution is -0.113. The van der Waals surface area contributed by atoms with Gasteiger partial charge in [0.1, 0.15) is 0 Å². The zero-order chi connectivity index (χ0) is 19.1. The first-order valence-corrected chi connectivity index (χ1v) is 9.10. The van der Waals surface area contributed by atoms with Crippen LogP contribution >= 0.6 is 11.8 Å². The third kappa shape index (κ3) is 5.42. The molecule has 2 aromatic carbocycles. The van der Waals surface area contributed by atoms with Crippen molar-refractivity contribution >= 4 is 29.3 Å². The van der Waals surface area contributed by atoms with Crippen molar-refractivity contribution in [2.75, 3.05) is 18.2 Å². The van der Waals surface area contributed by atoms with Crippen LogP contribution < -0.4 is 5.32 Å². The topological polar surface area (TPSA) is 94.3 Å². The Labute approximate surface area is 160 Å². The van der Waals surface area contributed by atoms with Crippen LogP contribution in [0.1, 0.15) is 21.8 Å². The second-order valence-electron chi connectivity index (χ2n) is 5.53. The number of rotatable bonds is 7. The number of thioether (sulfide) groups is 1. The lowest BCUT2D eigenvalue weighted by Crippen LogP contribution is -2.14. The molecule has 1 heterocycles. The summed E-state index contributed by atoms with van der Waals surface area (Å²) < 4.78 is 10.2. The number of aromatic nitrogens is 2. The number of esters is 1. The van der Waals surface area contributed by atoms with Crippen LogP contribution in [0.25, 0.3) is 0 Å². The fourth-order valence-electron chi connectivity index (χ4n) is 2.30. The summed E-state index contributed by atoms with van der Waals surface area (Å²) in [5, 5.41) is 11.0. The number of hydrogen-bond acceptors (Lipinski definition) is 7. The van der Waals surface area contributed by atoms with Crippen LogP contribution in [-0.2, 0) is 16.0 Å². The molecule has 1 amide bonds. The van der Waals surface area contributed by atoms with Crippen LogP contribution in [0.5, 0.6) is 0 Å². The molecule has 0 unspecified atom stereocenters. The number of hydrogen-bond donors (Lipinski definition) is 1. The number of ether oxygens (including phenoxy) is 1. The van der Waals surface area contributed by atoms with Crippen molar-refractivity contribution in [2.24, 2.45) is 0 Å². The average Bonchev–Trinajstić information content (AvgIpc) is 3.14. The summed E-state index contributed by atoms with van der Waals surface area (Å²) in [6, 6.07) is 16.3. The van der Waals surface area contributed by atoms with E-state index in [1.165, 1.54) is 7.11 Å². The number of methoxy groups -OCH3 is 1. The molecule has 1 aromatic heterocycles. The monoisotopic (exact) mass is 383 g/mol. The summed E-state index contributed by atoms with van der Waals surface area (Å²) in [4.78, 5) is 23.6. The molecule has 0 saturated carbocycles. The Balaban J connectivity index is 1.52. The summed E-state index contributed by atoms with van der Waals surface area (Å²) in [5.41, 5.74) is 1.95. The Bertz CT molecular complexity index is 927. The van der Waals surface area contributed by atoms with Crippen molar-refractivity contribution in [3.63, 3.8) is 0 Å². The van der Waals surface area contributed by atoms with E-state index in [-0.39, 0.29) is 11.7 Å². The van der Waals surface area contributed by atoms with Gasteiger partial charge in [-0.1, -0.05) is 48.2 Å². The van der Waals surface area contributed by atoms with Gasteiger partial charge in [0, 0.05) is 5.69 Å². The van der Waals surface area contributed by atoms with E-state index in [0.29, 0.717) is 28.8 Å². The van der Waals surface area contributed by atoms with E-state index in [9.17, 15) is 9.59 Å². The van der Waals surface area contributed by atoms with Crippen molar-refractivity contribution in [1.82, 2.24) is 10.2 Å². The summed E-state index contributed by atoms with van der Waals surface area (Å²) in [6.07, 6.45) is 0.543. The number of anilines is 1. The molecule has 27 heavy (non-hydrogen) atoms. The maximum Gasteiger partial charge on any atom is 0.337 e. The lowest BCUT2D eigenvalue weighted by Gasteiger charge is -2.05. The first-order valence-electron chi connectivity index (χ1n) is 8.11. The molecule has 0 aliphatic heterocycles. The van der Waals surface area contributed by atoms with Gasteiger partial charge in [0.15, 0.2) is 0 Å². The van der Waals surface area contributed by atoms with E-state index in [1.807, 2.05) is 30.3 Å². The Kier molecular flexibility index (Phi) is 6.22. The molecular weight excluding hydrogens is 366 g/mol. The van der Waals surface area contributed by atoms with Crippen LogP contribution in [0.4, 0.5) is 5.69 Å². The van der Waals surface area contributed by atoms with Crippen LogP contribution in [0.2, 0.25) is 0 Å². The van der Waals surface area contributed by atoms with Gasteiger partial charge in [-0.25, -0.2) is 4.79 Å². The first-order chi connectivity index (χ1) is 13.1. The normalized spacial score (nSPS) is 10.4. The number of benzene rings is 2. The lowest BCUT2D eigenvalue weighted by atomic mass is 10.2. The van der Waals surface area contributed by atoms with E-state index < -0.39 is 5.97 Å². The fraction of sp³-hybridized carbons (Fsp3) is 0.158. The van der Waals surface area contributed by atoms with Gasteiger partial charge >= 0.3 is 5.97 Å². The summed E-state index contributed by atoms with van der Waals surface area (Å²) >= 11 is 1.15. The number of carbonyl (C=O) groups excluding carboxylic acids is 2. The SMILES string of the molecule is COC(=O)c1cccc(NC(=O)CSc2nnc(Cc3ccccc3)o2)c1. The number of nitrogens with one attached hydrogen (secondary N) is 1. The zero-order valence-corrected chi connectivity index (χ0v) is 15.4. The molecule has 0 spiro atoms. The van der Waals surface area contributed by atoms with E-state index in [0.717, 1.165) is 17.3 Å². The van der Waals surface area contributed by atoms with Gasteiger partial charge in [-0.2, -0.15) is 0 Å². The maximum absolute atomic E-state index is 12.1. The molecule has 0 fully saturated rings. The molecule has 0 bridgehead atoms. The average molecular weight is 383 g/mol. The highest BCUT2D eigenvalue weighted by atomic mass is 32.2. The van der Waals surface area contributed by atoms with E-state index >= 15 is 0 Å². The summed E-state index contributed by atoms with van der Waals surface area (Å²) in [6.45, 7) is 0. The molecule has 0 aliphatic carbocycles. The highest BCUT2D eigenvalue weighted by Gasteiger charge is 2.11. The molecular formula is C19H17N3O4S. The molecule has 0 radical (unpaired) electrons. The largest absolute Gasteiger partial charge is 0.465 e. The quantitative estimate of drug-likeness (QED) is 0.494. The third-order valence-corrected chi connectivity index (χ3v) is 4.36. The predicted molar refractivity (Wildman–Crippen MR) is 101 cm³/mol. The van der Waals surface area contributed by atoms with Crippen molar-refractivity contribution in [3.8, 4) is 0 Å². The van der Waals surface area contributed by atoms with Crippen LogP contribution in [0.15, 0.2) is 64.2 Å². The summed E-state index contributed by atoms with van der Waals surface area (Å²) in [7, 11) is 1.31. The number of nitrogens with zero attached hydrogens (tertiary/aromatic N) is 2. The molecule has 138 valence electrons. The highest BCUT2D eigenvalue weighted by molar-refractivity contribution is 7.99. The summed E-state index contributed by atoms with van der Waals surface area (Å²) in [5.74, 6) is -0.105. The minimum atomic E-state index is -0.461. The smallest absolute Gasteiger partial charge is 0.337 e. The second kappa shape index (κ2) is 9.00. The van der Waals surface area contributed by atoms with Gasteiger partial charge < -0.3 is 14.5 Å². The van der Waals surface area contributed by atoms with Crippen LogP contribution in [0, 0.1) is 0 Å². The molecule has 3 aromatic rings. The van der Waals surface area contributed by atoms with Crippen molar-refractivity contribution in [3.05, 3.63) is 71.6 Å². The highest BCUT2D eigenvalue weighted by Crippen LogP contribution is 2.19. The van der Waals surface area contributed by atoms with Crippen LogP contribution in [0.3, 0.4) is 0 Å². The molecule has 0 aliphatic rings. The Hall–Kier alpha value is -3.13. The van der Waals surface area contributed by atoms with Gasteiger partial charge in [-0.15, -0.1) is 10.2 Å². The van der Waals surface area contributed by atoms with Gasteiger partial charge in [0.05, 0.1) is 24.8 Å². The minimum absolute atomic E-state index is 0.107. The third-order valence-electron chi connectivity index (χ3n) is 3.54. The molecule has 0 saturated heterocycles. The number of carbonyl (C=O) groups is 2. The van der Waals surface area contributed by atoms with Crippen molar-refractivity contribution in [2.45, 2.75) is 11.6 Å². The van der Waals surface area contributed by atoms with E-state index in [4.69, 9.17) is 4.42 Å².